The molecule has 51 heteroatoms. The van der Waals surface area contributed by atoms with E-state index in [9.17, 15) is 152 Å². The monoisotopic (exact) mass is 1680 g/mol. The molecular weight excluding hydrogens is 1570 g/mol. The lowest BCUT2D eigenvalue weighted by Crippen LogP contribution is -2.71. The van der Waals surface area contributed by atoms with E-state index >= 15 is 0 Å². The third-order valence-electron chi connectivity index (χ3n) is 20.4. The molecule has 51 nitrogen and oxygen atoms in total. The van der Waals surface area contributed by atoms with Crippen LogP contribution in [0, 0.1) is 0 Å². The molecule has 115 heavy (non-hydrogen) atoms. The van der Waals surface area contributed by atoms with E-state index in [2.05, 4.69) is 26.6 Å². The third-order valence-corrected chi connectivity index (χ3v) is 20.4. The van der Waals surface area contributed by atoms with Gasteiger partial charge in [-0.25, -0.2) is 0 Å². The summed E-state index contributed by atoms with van der Waals surface area (Å²) in [6.07, 6.45) is -84.1. The van der Waals surface area contributed by atoms with E-state index in [-0.39, 0.29) is 0 Å². The summed E-state index contributed by atoms with van der Waals surface area (Å²) < 4.78 is 96.4. The van der Waals surface area contributed by atoms with Crippen molar-refractivity contribution in [3.05, 3.63) is 0 Å². The van der Waals surface area contributed by atoms with Crippen molar-refractivity contribution < 1.29 is 227 Å². The molecule has 0 aromatic rings. The average molecular weight is 1680 g/mol. The van der Waals surface area contributed by atoms with Gasteiger partial charge < -0.3 is 230 Å². The van der Waals surface area contributed by atoms with Crippen LogP contribution in [-0.2, 0) is 99.8 Å². The smallest absolute Gasteiger partial charge is 0.217 e. The van der Waals surface area contributed by atoms with Crippen LogP contribution < -0.4 is 26.6 Å². The molecule has 0 aromatic heterocycles. The average Bonchev–Trinajstić information content (AvgIpc) is 0.764. The summed E-state index contributed by atoms with van der Waals surface area (Å²) in [5.41, 5.74) is 0. The van der Waals surface area contributed by atoms with Crippen LogP contribution in [0.25, 0.3) is 0 Å². The molecule has 0 bridgehead atoms. The Morgan fingerprint density at radius 2 is 0.635 bits per heavy atom. The van der Waals surface area contributed by atoms with E-state index in [1.54, 1.807) is 0 Å². The molecule has 8 rings (SSSR count). The summed E-state index contributed by atoms with van der Waals surface area (Å²) in [5.74, 6) is -4.61. The molecule has 8 aliphatic heterocycles. The summed E-state index contributed by atoms with van der Waals surface area (Å²) >= 11 is 0. The van der Waals surface area contributed by atoms with Crippen LogP contribution in [0.1, 0.15) is 34.6 Å². The maximum Gasteiger partial charge on any atom is 0.217 e. The van der Waals surface area contributed by atoms with Crippen LogP contribution in [0.5, 0.6) is 0 Å². The van der Waals surface area contributed by atoms with Gasteiger partial charge in [-0.05, 0) is 0 Å². The molecule has 5 amide bonds. The summed E-state index contributed by atoms with van der Waals surface area (Å²) in [6.45, 7) is -6.70. The van der Waals surface area contributed by atoms with Gasteiger partial charge in [0.2, 0.25) is 29.5 Å². The minimum Gasteiger partial charge on any atom is -0.394 e. The summed E-state index contributed by atoms with van der Waals surface area (Å²) in [6, 6.07) is -9.33. The number of ether oxygens (including phenoxy) is 16. The highest BCUT2D eigenvalue weighted by atomic mass is 16.8. The van der Waals surface area contributed by atoms with E-state index in [0.717, 1.165) is 34.6 Å². The number of aliphatic hydroxyl groups excluding tert-OH is 25. The zero-order valence-electron chi connectivity index (χ0n) is 62.2. The van der Waals surface area contributed by atoms with Crippen LogP contribution in [-0.4, -0.2) is 493 Å². The minimum absolute atomic E-state index is 0.820. The molecule has 44 atom stereocenters. The molecule has 0 aliphatic carbocycles. The van der Waals surface area contributed by atoms with E-state index in [0.29, 0.717) is 0 Å². The van der Waals surface area contributed by atoms with E-state index < -0.39 is 365 Å². The molecule has 0 aromatic carbocycles. The standard InChI is InChI=1S/C64H109N5O46/c1-16(79)65-21(6-70)35(85)50(22(84)7-71)109-59-33(68-19(4)82)44(94)51(28(13-77)106-59)111-62-49(99)54(41(91)30(108-62)15-100-63-55(46(96)39(89)26(11-75)105-63)114-57-31(66-17(2)80)42(92)36(86)23(8-72)101-57)113-64-56(115-58-32(67-18(3)81)43(93)37(87)24(9-73)102-58)48(98)52(29(14-78)107-64)110-60-34(69-20(5)83)53(40(90)27(12-76)103-60)112-61-47(97)45(95)38(88)25(10-74)104-61/h21-64,70-78,84-99H,6-15H2,1-5H3,(H,65,79)(H,66,80)(H,67,81)(H,68,82)(H,69,83)/t21-,22+,23+,24+,25+,26+,27+,28+,29+,30+,31+,32+,33+,34+,35+,36+,37+,38-,39+,40+,41+,42+,43+,44+,45-,46-,47+,48-,49-,50+,51+,52+,53+,54-,55-,56-,57-,58-,59-,60-,61-,62-,63-,64+/m0/s1. The minimum atomic E-state index is -2.66. The molecule has 0 unspecified atom stereocenters. The molecule has 8 aliphatic rings. The van der Waals surface area contributed by atoms with Crippen molar-refractivity contribution >= 4 is 29.5 Å². The van der Waals surface area contributed by atoms with E-state index in [4.69, 9.17) is 75.8 Å². The van der Waals surface area contributed by atoms with Gasteiger partial charge in [0.1, 0.15) is 213 Å². The Hall–Kier alpha value is -4.29. The summed E-state index contributed by atoms with van der Waals surface area (Å²) in [7, 11) is 0. The quantitative estimate of drug-likeness (QED) is 0.0284. The van der Waals surface area contributed by atoms with Crippen LogP contribution >= 0.6 is 0 Å². The predicted octanol–water partition coefficient (Wildman–Crippen LogP) is -20.3. The summed E-state index contributed by atoms with van der Waals surface area (Å²) in [4.78, 5) is 63.6. The van der Waals surface area contributed by atoms with Crippen molar-refractivity contribution in [3.8, 4) is 0 Å². The first-order valence-electron chi connectivity index (χ1n) is 36.5. The second-order valence-corrected chi connectivity index (χ2v) is 28.7. The Kier molecular flexibility index (Phi) is 35.9. The van der Waals surface area contributed by atoms with Crippen molar-refractivity contribution in [1.29, 1.82) is 0 Å². The molecule has 0 radical (unpaired) electrons. The lowest BCUT2D eigenvalue weighted by atomic mass is 9.93. The van der Waals surface area contributed by atoms with Crippen molar-refractivity contribution in [3.63, 3.8) is 0 Å². The van der Waals surface area contributed by atoms with Crippen LogP contribution in [0.4, 0.5) is 0 Å². The lowest BCUT2D eigenvalue weighted by molar-refractivity contribution is -0.404. The van der Waals surface area contributed by atoms with Crippen LogP contribution in [0.2, 0.25) is 0 Å². The third kappa shape index (κ3) is 22.3. The fraction of sp³-hybridized carbons (Fsp3) is 0.922. The molecule has 8 heterocycles. The van der Waals surface area contributed by atoms with Gasteiger partial charge in [-0.15, -0.1) is 0 Å². The number of aliphatic hydroxyl groups is 25. The normalized spacial score (nSPS) is 45.0. The van der Waals surface area contributed by atoms with Crippen LogP contribution in [0.15, 0.2) is 0 Å². The van der Waals surface area contributed by atoms with Crippen molar-refractivity contribution in [2.24, 2.45) is 0 Å². The number of carbonyl (C=O) groups is 5. The van der Waals surface area contributed by atoms with Crippen molar-refractivity contribution in [1.82, 2.24) is 26.6 Å². The first kappa shape index (κ1) is 96.2. The highest BCUT2D eigenvalue weighted by Crippen LogP contribution is 2.40. The van der Waals surface area contributed by atoms with Gasteiger partial charge in [0.05, 0.1) is 72.1 Å². The van der Waals surface area contributed by atoms with E-state index in [1.165, 1.54) is 0 Å². The second kappa shape index (κ2) is 43.0. The van der Waals surface area contributed by atoms with Crippen molar-refractivity contribution in [2.75, 3.05) is 66.1 Å². The predicted molar refractivity (Wildman–Crippen MR) is 357 cm³/mol. The van der Waals surface area contributed by atoms with Gasteiger partial charge in [0.15, 0.2) is 50.3 Å². The molecule has 666 valence electrons. The molecule has 0 spiro atoms. The second-order valence-electron chi connectivity index (χ2n) is 28.7. The highest BCUT2D eigenvalue weighted by molar-refractivity contribution is 5.75. The molecule has 8 fully saturated rings. The number of nitrogens with one attached hydrogen (secondary N) is 5. The number of hydrogen-bond donors (Lipinski definition) is 30. The maximum absolute atomic E-state index is 13.1. The van der Waals surface area contributed by atoms with Gasteiger partial charge in [-0.2, -0.15) is 0 Å². The van der Waals surface area contributed by atoms with Gasteiger partial charge >= 0.3 is 0 Å². The van der Waals surface area contributed by atoms with Gasteiger partial charge in [0, 0.05) is 34.6 Å². The Balaban J connectivity index is 1.22. The Bertz CT molecular complexity index is 3050. The van der Waals surface area contributed by atoms with Crippen molar-refractivity contribution in [2.45, 2.75) is 304 Å². The fourth-order valence-corrected chi connectivity index (χ4v) is 14.4. The first-order chi connectivity index (χ1) is 54.4. The summed E-state index contributed by atoms with van der Waals surface area (Å²) in [5, 5.41) is 290. The van der Waals surface area contributed by atoms with E-state index in [1.807, 2.05) is 0 Å². The molecular formula is C64H109N5O46. The van der Waals surface area contributed by atoms with Gasteiger partial charge in [0.25, 0.3) is 0 Å². The number of carbonyl (C=O) groups excluding carboxylic acids is 5. The van der Waals surface area contributed by atoms with Crippen LogP contribution in [0.3, 0.4) is 0 Å². The topological polar surface area (TPSA) is 799 Å². The van der Waals surface area contributed by atoms with Gasteiger partial charge in [-0.1, -0.05) is 0 Å². The zero-order valence-corrected chi connectivity index (χ0v) is 62.2. The first-order valence-corrected chi connectivity index (χ1v) is 36.5. The lowest BCUT2D eigenvalue weighted by Gasteiger charge is -2.52. The molecule has 30 N–H and O–H groups in total. The maximum atomic E-state index is 13.1. The number of hydrogen-bond acceptors (Lipinski definition) is 46. The Morgan fingerprint density at radius 1 is 0.296 bits per heavy atom. The van der Waals surface area contributed by atoms with Gasteiger partial charge in [-0.3, -0.25) is 24.0 Å². The number of rotatable bonds is 34. The Labute approximate surface area is 652 Å². The zero-order chi connectivity index (χ0) is 85.2. The highest BCUT2D eigenvalue weighted by Gasteiger charge is 2.61. The largest absolute Gasteiger partial charge is 0.394 e. The number of amides is 5. The molecule has 8 saturated heterocycles. The molecule has 0 saturated carbocycles. The fourth-order valence-electron chi connectivity index (χ4n) is 14.4. The Morgan fingerprint density at radius 3 is 1.10 bits per heavy atom. The SMILES string of the molecule is CC(=O)N[C@H]1[C@H](O[C@@H]([C@H](O)[C@H](CO)NC(C)=O)[C@H](O)CO)O[C@H](CO)[C@@H](O[C@@H]2O[C@H](CO[C@H]3O[C@H](CO)[C@@H](O)[C@H](O)[C@@H]3O[C@@H]3O[C@H](CO)[C@@H](O)[C@H](O)[C@H]3NC(C)=O)[C@@H](O)[C@H](O[C@H]3O[C@H](CO)[C@@H](O[C@@H]4O[C@H](CO)[C@@H](O)[C@H](O[C@@H]5O[C@H](CO)[C@H](O)[C@H](O)[C@H]5O)[C@H]4NC(C)=O)[C@H](O)[C@@H]3O[C@@H]3O[C@H](CO)[C@@H](O)[C@H](O)[C@H]3NC(C)=O)[C@@H]2O)[C@@H]1O.